The fourth-order valence-corrected chi connectivity index (χ4v) is 3.00. The highest BCUT2D eigenvalue weighted by molar-refractivity contribution is 6.13. The average Bonchev–Trinajstić information content (AvgIpc) is 2.75. The van der Waals surface area contributed by atoms with E-state index >= 15 is 0 Å². The number of pyridine rings is 1. The van der Waals surface area contributed by atoms with Crippen LogP contribution in [0.4, 0.5) is 5.82 Å². The Balaban J connectivity index is 1.93. The number of nitrogens with one attached hydrogen (secondary N) is 1. The fourth-order valence-electron chi connectivity index (χ4n) is 3.00. The summed E-state index contributed by atoms with van der Waals surface area (Å²) in [4.78, 5) is 15.1. The maximum Gasteiger partial charge on any atom is 0.132 e. The van der Waals surface area contributed by atoms with Crippen LogP contribution >= 0.6 is 0 Å². The van der Waals surface area contributed by atoms with Gasteiger partial charge in [0.15, 0.2) is 0 Å². The number of ether oxygens (including phenoxy) is 1. The number of allylic oxidation sites excluding steroid dienone is 5. The quantitative estimate of drug-likeness (QED) is 0.616. The molecule has 28 heavy (non-hydrogen) atoms. The molecule has 144 valence electrons. The third-order valence-electron chi connectivity index (χ3n) is 4.57. The van der Waals surface area contributed by atoms with Crippen LogP contribution in [0, 0.1) is 5.41 Å². The van der Waals surface area contributed by atoms with Gasteiger partial charge in [0.2, 0.25) is 0 Å². The molecule has 0 bridgehead atoms. The summed E-state index contributed by atoms with van der Waals surface area (Å²) >= 11 is 0. The first-order valence-corrected chi connectivity index (χ1v) is 9.26. The van der Waals surface area contributed by atoms with Crippen LogP contribution in [-0.4, -0.2) is 47.0 Å². The second kappa shape index (κ2) is 9.19. The normalized spacial score (nSPS) is 14.5. The number of morpholine rings is 1. The number of aromatic nitrogens is 3. The van der Waals surface area contributed by atoms with Gasteiger partial charge in [-0.2, -0.15) is 0 Å². The molecule has 3 heterocycles. The molecule has 1 aliphatic heterocycles. The van der Waals surface area contributed by atoms with E-state index in [2.05, 4.69) is 26.4 Å². The van der Waals surface area contributed by atoms with Crippen molar-refractivity contribution in [2.45, 2.75) is 13.8 Å². The van der Waals surface area contributed by atoms with Gasteiger partial charge in [-0.25, -0.2) is 9.97 Å². The summed E-state index contributed by atoms with van der Waals surface area (Å²) in [6.07, 6.45) is 8.81. The molecule has 0 radical (unpaired) electrons. The molecule has 0 spiro atoms. The van der Waals surface area contributed by atoms with Crippen molar-refractivity contribution in [1.82, 2.24) is 15.0 Å². The van der Waals surface area contributed by atoms with Crippen molar-refractivity contribution in [3.8, 4) is 0 Å². The van der Waals surface area contributed by atoms with E-state index in [9.17, 15) is 0 Å². The second-order valence-electron chi connectivity index (χ2n) is 6.70. The minimum absolute atomic E-state index is 0.361. The van der Waals surface area contributed by atoms with Crippen molar-refractivity contribution in [3.63, 3.8) is 0 Å². The molecule has 1 saturated heterocycles. The van der Waals surface area contributed by atoms with Crippen molar-refractivity contribution in [2.75, 3.05) is 31.2 Å². The first kappa shape index (κ1) is 19.6. The zero-order chi connectivity index (χ0) is 19.9. The van der Waals surface area contributed by atoms with Crippen LogP contribution in [0.3, 0.4) is 0 Å². The van der Waals surface area contributed by atoms with Gasteiger partial charge >= 0.3 is 0 Å². The minimum atomic E-state index is 0.361. The molecule has 0 atom stereocenters. The van der Waals surface area contributed by atoms with Crippen LogP contribution in [-0.2, 0) is 4.74 Å². The number of hydrogen-bond donors (Lipinski definition) is 1. The Hall–Kier alpha value is -3.12. The maximum absolute atomic E-state index is 8.77. The van der Waals surface area contributed by atoms with Crippen LogP contribution in [0.15, 0.2) is 66.8 Å². The molecular formula is C22H25N5O. The Morgan fingerprint density at radius 2 is 2.04 bits per heavy atom. The van der Waals surface area contributed by atoms with Gasteiger partial charge in [-0.15, -0.1) is 0 Å². The van der Waals surface area contributed by atoms with Crippen molar-refractivity contribution in [1.29, 1.82) is 5.41 Å². The van der Waals surface area contributed by atoms with E-state index in [1.54, 1.807) is 18.5 Å². The van der Waals surface area contributed by atoms with E-state index in [4.69, 9.17) is 10.1 Å². The van der Waals surface area contributed by atoms with E-state index in [1.165, 1.54) is 6.33 Å². The molecule has 1 aliphatic rings. The summed E-state index contributed by atoms with van der Waals surface area (Å²) in [7, 11) is 0. The fraction of sp³-hybridized carbons (Fsp3) is 0.273. The Kier molecular flexibility index (Phi) is 6.45. The highest BCUT2D eigenvalue weighted by Gasteiger charge is 2.16. The average molecular weight is 375 g/mol. The molecule has 1 N–H and O–H groups in total. The Bertz CT molecular complexity index is 908. The predicted octanol–water partition coefficient (Wildman–Crippen LogP) is 3.68. The third kappa shape index (κ3) is 4.58. The molecule has 0 amide bonds. The SMILES string of the molecule is C=C/C(=C\C(C(=N)c1cc(N2CCOCC2)ncn1)=C(C)C)c1cccnc1. The van der Waals surface area contributed by atoms with E-state index in [0.29, 0.717) is 24.6 Å². The molecule has 2 aromatic heterocycles. The molecule has 0 unspecified atom stereocenters. The molecule has 0 aromatic carbocycles. The minimum Gasteiger partial charge on any atom is -0.378 e. The van der Waals surface area contributed by atoms with Gasteiger partial charge in [-0.05, 0) is 37.1 Å². The largest absolute Gasteiger partial charge is 0.378 e. The van der Waals surface area contributed by atoms with Crippen LogP contribution < -0.4 is 4.90 Å². The first-order valence-electron chi connectivity index (χ1n) is 9.26. The summed E-state index contributed by atoms with van der Waals surface area (Å²) in [6, 6.07) is 5.75. The number of anilines is 1. The topological polar surface area (TPSA) is 75.0 Å². The second-order valence-corrected chi connectivity index (χ2v) is 6.70. The number of hydrogen-bond acceptors (Lipinski definition) is 6. The molecular weight excluding hydrogens is 350 g/mol. The first-order chi connectivity index (χ1) is 13.6. The summed E-state index contributed by atoms with van der Waals surface area (Å²) in [6.45, 7) is 10.9. The maximum atomic E-state index is 8.77. The summed E-state index contributed by atoms with van der Waals surface area (Å²) < 4.78 is 5.41. The van der Waals surface area contributed by atoms with Crippen molar-refractivity contribution in [2.24, 2.45) is 0 Å². The zero-order valence-corrected chi connectivity index (χ0v) is 16.4. The molecule has 2 aromatic rings. The van der Waals surface area contributed by atoms with Crippen molar-refractivity contribution in [3.05, 3.63) is 78.1 Å². The summed E-state index contributed by atoms with van der Waals surface area (Å²) in [5, 5.41) is 8.77. The Morgan fingerprint density at radius 1 is 1.25 bits per heavy atom. The van der Waals surface area contributed by atoms with Gasteiger partial charge in [-0.3, -0.25) is 10.4 Å². The van der Waals surface area contributed by atoms with Gasteiger partial charge < -0.3 is 9.64 Å². The van der Waals surface area contributed by atoms with Gasteiger partial charge in [0.1, 0.15) is 12.1 Å². The van der Waals surface area contributed by atoms with E-state index in [-0.39, 0.29) is 0 Å². The molecule has 1 fully saturated rings. The van der Waals surface area contributed by atoms with Crippen molar-refractivity contribution >= 4 is 17.1 Å². The molecule has 3 rings (SSSR count). The standard InChI is InChI=1S/C22H25N5O/c1-4-17(18-6-5-7-24-14-18)12-19(16(2)3)22(23)20-13-21(26-15-25-20)27-8-10-28-11-9-27/h4-7,12-15,23H,1,8-11H2,2-3H3/b17-12+,23-22?. The molecule has 0 saturated carbocycles. The smallest absolute Gasteiger partial charge is 0.132 e. The van der Waals surface area contributed by atoms with Gasteiger partial charge in [0.25, 0.3) is 0 Å². The Morgan fingerprint density at radius 3 is 2.68 bits per heavy atom. The Labute approximate surface area is 165 Å². The number of nitrogens with zero attached hydrogens (tertiary/aromatic N) is 4. The molecule has 6 heteroatoms. The zero-order valence-electron chi connectivity index (χ0n) is 16.4. The van der Waals surface area contributed by atoms with Gasteiger partial charge in [-0.1, -0.05) is 24.3 Å². The monoisotopic (exact) mass is 375 g/mol. The van der Waals surface area contributed by atoms with Crippen LogP contribution in [0.1, 0.15) is 25.1 Å². The van der Waals surface area contributed by atoms with Gasteiger partial charge in [0.05, 0.1) is 24.6 Å². The lowest BCUT2D eigenvalue weighted by molar-refractivity contribution is 0.122. The highest BCUT2D eigenvalue weighted by atomic mass is 16.5. The number of rotatable bonds is 6. The third-order valence-corrected chi connectivity index (χ3v) is 4.57. The molecule has 6 nitrogen and oxygen atoms in total. The summed E-state index contributed by atoms with van der Waals surface area (Å²) in [5.41, 5.74) is 4.67. The lowest BCUT2D eigenvalue weighted by Crippen LogP contribution is -2.36. The van der Waals surface area contributed by atoms with Crippen LogP contribution in [0.5, 0.6) is 0 Å². The lowest BCUT2D eigenvalue weighted by atomic mass is 9.97. The van der Waals surface area contributed by atoms with E-state index in [1.807, 2.05) is 38.1 Å². The predicted molar refractivity (Wildman–Crippen MR) is 113 cm³/mol. The van der Waals surface area contributed by atoms with Crippen LogP contribution in [0.25, 0.3) is 5.57 Å². The highest BCUT2D eigenvalue weighted by Crippen LogP contribution is 2.22. The van der Waals surface area contributed by atoms with Gasteiger partial charge in [0, 0.05) is 37.1 Å². The van der Waals surface area contributed by atoms with Crippen LogP contribution in [0.2, 0.25) is 0 Å². The van der Waals surface area contributed by atoms with E-state index in [0.717, 1.165) is 41.2 Å². The van der Waals surface area contributed by atoms with Crippen molar-refractivity contribution < 1.29 is 4.74 Å². The summed E-state index contributed by atoms with van der Waals surface area (Å²) in [5.74, 6) is 0.825. The lowest BCUT2D eigenvalue weighted by Gasteiger charge is -2.27. The molecule has 0 aliphatic carbocycles. The van der Waals surface area contributed by atoms with E-state index < -0.39 is 0 Å².